The molecule has 2 N–H and O–H groups in total. The van der Waals surface area contributed by atoms with Crippen molar-refractivity contribution in [1.82, 2.24) is 4.31 Å². The predicted molar refractivity (Wildman–Crippen MR) is 83.5 cm³/mol. The van der Waals surface area contributed by atoms with Crippen molar-refractivity contribution in [1.29, 1.82) is 0 Å². The minimum absolute atomic E-state index is 0.210. The Kier molecular flexibility index (Phi) is 4.70. The van der Waals surface area contributed by atoms with Crippen LogP contribution in [0.2, 0.25) is 4.34 Å². The number of thiophene rings is 1. The van der Waals surface area contributed by atoms with E-state index in [0.717, 1.165) is 4.88 Å². The number of rotatable bonds is 5. The molecular weight excluding hydrogens is 316 g/mol. The Morgan fingerprint density at radius 1 is 1.30 bits per heavy atom. The molecule has 0 aliphatic carbocycles. The van der Waals surface area contributed by atoms with E-state index in [1.807, 2.05) is 6.07 Å². The number of hydrogen-bond donors (Lipinski definition) is 1. The first kappa shape index (κ1) is 15.3. The van der Waals surface area contributed by atoms with Gasteiger partial charge in [-0.1, -0.05) is 24.6 Å². The van der Waals surface area contributed by atoms with Crippen LogP contribution in [-0.2, 0) is 16.6 Å². The lowest BCUT2D eigenvalue weighted by Gasteiger charge is -2.20. The largest absolute Gasteiger partial charge is 0.399 e. The first-order valence-corrected chi connectivity index (χ1v) is 8.67. The quantitative estimate of drug-likeness (QED) is 0.856. The van der Waals surface area contributed by atoms with Crippen LogP contribution in [0.4, 0.5) is 5.69 Å². The Bertz CT molecular complexity index is 698. The molecular formula is C13H15ClN2O2S2. The zero-order valence-electron chi connectivity index (χ0n) is 10.9. The zero-order chi connectivity index (χ0) is 14.8. The molecule has 0 bridgehead atoms. The average Bonchev–Trinajstić information content (AvgIpc) is 2.81. The summed E-state index contributed by atoms with van der Waals surface area (Å²) in [5, 5.41) is 0. The maximum Gasteiger partial charge on any atom is 0.243 e. The second kappa shape index (κ2) is 6.13. The molecule has 0 unspecified atom stereocenters. The molecule has 0 spiro atoms. The molecule has 108 valence electrons. The summed E-state index contributed by atoms with van der Waals surface area (Å²) in [5.74, 6) is 0. The van der Waals surface area contributed by atoms with Crippen molar-refractivity contribution in [2.24, 2.45) is 0 Å². The van der Waals surface area contributed by atoms with Crippen LogP contribution in [0.15, 0.2) is 41.3 Å². The minimum Gasteiger partial charge on any atom is -0.399 e. The van der Waals surface area contributed by atoms with Gasteiger partial charge in [-0.15, -0.1) is 11.3 Å². The van der Waals surface area contributed by atoms with Gasteiger partial charge in [0.25, 0.3) is 0 Å². The lowest BCUT2D eigenvalue weighted by Crippen LogP contribution is -2.30. The van der Waals surface area contributed by atoms with Crippen molar-refractivity contribution in [2.45, 2.75) is 18.4 Å². The number of nitrogen functional groups attached to an aromatic ring is 1. The molecule has 0 saturated heterocycles. The summed E-state index contributed by atoms with van der Waals surface area (Å²) in [6, 6.07) is 9.93. The zero-order valence-corrected chi connectivity index (χ0v) is 13.3. The molecule has 1 heterocycles. The van der Waals surface area contributed by atoms with Gasteiger partial charge in [-0.3, -0.25) is 0 Å². The summed E-state index contributed by atoms with van der Waals surface area (Å²) in [6.45, 7) is 2.50. The van der Waals surface area contributed by atoms with Crippen molar-refractivity contribution < 1.29 is 8.42 Å². The molecule has 0 aliphatic rings. The molecule has 0 radical (unpaired) electrons. The van der Waals surface area contributed by atoms with Crippen LogP contribution in [0, 0.1) is 0 Å². The molecule has 7 heteroatoms. The number of halogens is 1. The second-order valence-corrected chi connectivity index (χ2v) is 7.95. The van der Waals surface area contributed by atoms with E-state index >= 15 is 0 Å². The number of nitrogens with zero attached hydrogens (tertiary/aromatic N) is 1. The highest BCUT2D eigenvalue weighted by molar-refractivity contribution is 7.89. The Morgan fingerprint density at radius 2 is 2.05 bits per heavy atom. The normalized spacial score (nSPS) is 11.9. The highest BCUT2D eigenvalue weighted by Crippen LogP contribution is 2.25. The van der Waals surface area contributed by atoms with Gasteiger partial charge in [-0.25, -0.2) is 8.42 Å². The number of sulfonamides is 1. The molecule has 4 nitrogen and oxygen atoms in total. The average molecular weight is 331 g/mol. The van der Waals surface area contributed by atoms with Crippen molar-refractivity contribution in [3.63, 3.8) is 0 Å². The van der Waals surface area contributed by atoms with Crippen molar-refractivity contribution >= 4 is 38.6 Å². The second-order valence-electron chi connectivity index (χ2n) is 4.21. The van der Waals surface area contributed by atoms with Gasteiger partial charge in [0.05, 0.1) is 9.23 Å². The molecule has 1 aromatic carbocycles. The standard InChI is InChI=1S/C13H15ClN2O2S2/c1-2-16(9-11-6-7-13(14)19-11)20(17,18)12-5-3-4-10(15)8-12/h3-8H,2,9,15H2,1H3. The van der Waals surface area contributed by atoms with E-state index in [-0.39, 0.29) is 4.90 Å². The third-order valence-electron chi connectivity index (χ3n) is 2.81. The van der Waals surface area contributed by atoms with E-state index in [1.54, 1.807) is 31.2 Å². The van der Waals surface area contributed by atoms with Crippen LogP contribution in [0.25, 0.3) is 0 Å². The smallest absolute Gasteiger partial charge is 0.243 e. The van der Waals surface area contributed by atoms with Gasteiger partial charge in [-0.2, -0.15) is 4.31 Å². The molecule has 0 amide bonds. The summed E-state index contributed by atoms with van der Waals surface area (Å²) >= 11 is 7.25. The predicted octanol–water partition coefficient (Wildman–Crippen LogP) is 3.19. The maximum atomic E-state index is 12.6. The Labute approximate surface area is 127 Å². The van der Waals surface area contributed by atoms with Crippen molar-refractivity contribution in [3.05, 3.63) is 45.6 Å². The highest BCUT2D eigenvalue weighted by Gasteiger charge is 2.23. The van der Waals surface area contributed by atoms with Gasteiger partial charge in [-0.05, 0) is 30.3 Å². The van der Waals surface area contributed by atoms with Crippen molar-refractivity contribution in [2.75, 3.05) is 12.3 Å². The van der Waals surface area contributed by atoms with Crippen LogP contribution in [0.1, 0.15) is 11.8 Å². The van der Waals surface area contributed by atoms with E-state index in [9.17, 15) is 8.42 Å². The van der Waals surface area contributed by atoms with Crippen LogP contribution >= 0.6 is 22.9 Å². The molecule has 0 aliphatic heterocycles. The molecule has 0 fully saturated rings. The number of benzene rings is 1. The van der Waals surface area contributed by atoms with Gasteiger partial charge in [0.2, 0.25) is 10.0 Å². The summed E-state index contributed by atoms with van der Waals surface area (Å²) in [5.41, 5.74) is 6.09. The van der Waals surface area contributed by atoms with Gasteiger partial charge >= 0.3 is 0 Å². The minimum atomic E-state index is -3.55. The summed E-state index contributed by atoms with van der Waals surface area (Å²) in [7, 11) is -3.55. The Balaban J connectivity index is 2.30. The molecule has 2 rings (SSSR count). The summed E-state index contributed by atoms with van der Waals surface area (Å²) in [6.07, 6.45) is 0. The third-order valence-corrected chi connectivity index (χ3v) is 5.94. The number of nitrogens with two attached hydrogens (primary N) is 1. The summed E-state index contributed by atoms with van der Waals surface area (Å²) < 4.78 is 27.2. The monoisotopic (exact) mass is 330 g/mol. The molecule has 1 aromatic heterocycles. The van der Waals surface area contributed by atoms with Gasteiger partial charge in [0.1, 0.15) is 0 Å². The SMILES string of the molecule is CCN(Cc1ccc(Cl)s1)S(=O)(=O)c1cccc(N)c1. The first-order chi connectivity index (χ1) is 9.43. The fraction of sp³-hybridized carbons (Fsp3) is 0.231. The Morgan fingerprint density at radius 3 is 2.60 bits per heavy atom. The molecule has 0 atom stereocenters. The molecule has 0 saturated carbocycles. The lowest BCUT2D eigenvalue weighted by atomic mass is 10.3. The van der Waals surface area contributed by atoms with Crippen LogP contribution in [0.3, 0.4) is 0 Å². The van der Waals surface area contributed by atoms with Crippen LogP contribution in [-0.4, -0.2) is 19.3 Å². The summed E-state index contributed by atoms with van der Waals surface area (Å²) in [4.78, 5) is 1.12. The lowest BCUT2D eigenvalue weighted by molar-refractivity contribution is 0.426. The van der Waals surface area contributed by atoms with E-state index in [0.29, 0.717) is 23.1 Å². The maximum absolute atomic E-state index is 12.6. The van der Waals surface area contributed by atoms with Gasteiger partial charge in [0.15, 0.2) is 0 Å². The van der Waals surface area contributed by atoms with Crippen molar-refractivity contribution in [3.8, 4) is 0 Å². The molecule has 2 aromatic rings. The number of anilines is 1. The van der Waals surface area contributed by atoms with E-state index in [2.05, 4.69) is 0 Å². The third kappa shape index (κ3) is 3.32. The highest BCUT2D eigenvalue weighted by atomic mass is 35.5. The van der Waals surface area contributed by atoms with Crippen LogP contribution in [0.5, 0.6) is 0 Å². The Hall–Kier alpha value is -1.08. The number of hydrogen-bond acceptors (Lipinski definition) is 4. The van der Waals surface area contributed by atoms with Crippen LogP contribution < -0.4 is 5.73 Å². The van der Waals surface area contributed by atoms with Gasteiger partial charge in [0, 0.05) is 23.7 Å². The van der Waals surface area contributed by atoms with E-state index in [1.165, 1.54) is 21.7 Å². The fourth-order valence-corrected chi connectivity index (χ4v) is 4.47. The van der Waals surface area contributed by atoms with E-state index < -0.39 is 10.0 Å². The fourth-order valence-electron chi connectivity index (χ4n) is 1.80. The topological polar surface area (TPSA) is 63.4 Å². The van der Waals surface area contributed by atoms with Gasteiger partial charge < -0.3 is 5.73 Å². The molecule has 20 heavy (non-hydrogen) atoms. The van der Waals surface area contributed by atoms with E-state index in [4.69, 9.17) is 17.3 Å². The first-order valence-electron chi connectivity index (χ1n) is 6.03.